The summed E-state index contributed by atoms with van der Waals surface area (Å²) in [4.78, 5) is 3.66. The standard InChI is InChI=1S/C17H19ClN2OS/c1-19-11-4-5-12(19)10-13(9-11)22-16-7-6-15-14(17(16)18)3-2-8-20(15)21/h2-3,6-8,11-13H,4-5,9-10H2,1H3. The third kappa shape index (κ3) is 2.38. The van der Waals surface area contributed by atoms with Crippen molar-refractivity contribution < 1.29 is 4.73 Å². The molecule has 2 atom stereocenters. The maximum absolute atomic E-state index is 11.8. The lowest BCUT2D eigenvalue weighted by Crippen LogP contribution is -2.40. The number of rotatable bonds is 2. The van der Waals surface area contributed by atoms with Crippen molar-refractivity contribution in [3.05, 3.63) is 40.7 Å². The van der Waals surface area contributed by atoms with E-state index in [4.69, 9.17) is 11.6 Å². The number of hydrogen-bond acceptors (Lipinski definition) is 3. The fourth-order valence-electron chi connectivity index (χ4n) is 3.94. The molecule has 116 valence electrons. The van der Waals surface area contributed by atoms with Crippen LogP contribution in [0.15, 0.2) is 35.4 Å². The molecule has 4 rings (SSSR count). The molecule has 2 aliphatic rings. The second-order valence-corrected chi connectivity index (χ2v) is 8.13. The number of aromatic nitrogens is 1. The molecular weight excluding hydrogens is 316 g/mol. The van der Waals surface area contributed by atoms with Crippen LogP contribution in [-0.2, 0) is 0 Å². The van der Waals surface area contributed by atoms with Crippen LogP contribution in [0.2, 0.25) is 5.02 Å². The molecule has 5 heteroatoms. The van der Waals surface area contributed by atoms with Gasteiger partial charge in [-0.2, -0.15) is 4.73 Å². The molecule has 2 aliphatic heterocycles. The van der Waals surface area contributed by atoms with Crippen molar-refractivity contribution in [3.8, 4) is 0 Å². The molecule has 2 aromatic rings. The number of piperidine rings is 1. The molecule has 0 saturated carbocycles. The van der Waals surface area contributed by atoms with E-state index in [9.17, 15) is 5.21 Å². The van der Waals surface area contributed by atoms with Crippen molar-refractivity contribution >= 4 is 34.3 Å². The van der Waals surface area contributed by atoms with Gasteiger partial charge >= 0.3 is 0 Å². The Morgan fingerprint density at radius 1 is 1.23 bits per heavy atom. The van der Waals surface area contributed by atoms with E-state index >= 15 is 0 Å². The van der Waals surface area contributed by atoms with Crippen LogP contribution in [0, 0.1) is 5.21 Å². The van der Waals surface area contributed by atoms with Gasteiger partial charge in [0.25, 0.3) is 0 Å². The molecule has 2 unspecified atom stereocenters. The number of nitrogens with zero attached hydrogens (tertiary/aromatic N) is 2. The molecule has 0 amide bonds. The van der Waals surface area contributed by atoms with Gasteiger partial charge in [0.05, 0.1) is 10.4 Å². The highest BCUT2D eigenvalue weighted by atomic mass is 35.5. The van der Waals surface area contributed by atoms with Crippen molar-refractivity contribution in [3.63, 3.8) is 0 Å². The average molecular weight is 335 g/mol. The van der Waals surface area contributed by atoms with E-state index in [0.717, 1.165) is 32.1 Å². The first kappa shape index (κ1) is 14.6. The van der Waals surface area contributed by atoms with Crippen LogP contribution < -0.4 is 4.73 Å². The van der Waals surface area contributed by atoms with Crippen LogP contribution in [0.3, 0.4) is 0 Å². The second-order valence-electron chi connectivity index (χ2n) is 6.41. The molecule has 0 radical (unpaired) electrons. The minimum atomic E-state index is 0.631. The molecule has 2 saturated heterocycles. The molecule has 2 bridgehead atoms. The number of thioether (sulfide) groups is 1. The van der Waals surface area contributed by atoms with E-state index in [2.05, 4.69) is 11.9 Å². The van der Waals surface area contributed by atoms with Crippen LogP contribution in [0.25, 0.3) is 10.9 Å². The Hall–Kier alpha value is -0.970. The first-order valence-electron chi connectivity index (χ1n) is 7.82. The van der Waals surface area contributed by atoms with Crippen LogP contribution >= 0.6 is 23.4 Å². The van der Waals surface area contributed by atoms with Crippen molar-refractivity contribution in [2.45, 2.75) is 47.9 Å². The minimum absolute atomic E-state index is 0.631. The SMILES string of the molecule is CN1C2CCC1CC(Sc1ccc3c(ccc[n+]3[O-])c1Cl)C2. The number of fused-ring (bicyclic) bond motifs is 3. The monoisotopic (exact) mass is 334 g/mol. The van der Waals surface area contributed by atoms with Gasteiger partial charge in [-0.3, -0.25) is 0 Å². The number of pyridine rings is 1. The Kier molecular flexibility index (Phi) is 3.71. The van der Waals surface area contributed by atoms with Crippen molar-refractivity contribution in [1.82, 2.24) is 4.90 Å². The topological polar surface area (TPSA) is 30.2 Å². The maximum Gasteiger partial charge on any atom is 0.225 e. The number of hydrogen-bond donors (Lipinski definition) is 0. The molecule has 22 heavy (non-hydrogen) atoms. The first-order valence-corrected chi connectivity index (χ1v) is 9.08. The van der Waals surface area contributed by atoms with Gasteiger partial charge in [-0.05, 0) is 44.9 Å². The highest BCUT2D eigenvalue weighted by Gasteiger charge is 2.38. The normalized spacial score (nSPS) is 28.4. The zero-order valence-electron chi connectivity index (χ0n) is 12.5. The molecular formula is C17H19ClN2OS. The zero-order chi connectivity index (χ0) is 15.3. The van der Waals surface area contributed by atoms with Gasteiger partial charge in [0, 0.05) is 34.4 Å². The third-order valence-electron chi connectivity index (χ3n) is 5.19. The van der Waals surface area contributed by atoms with E-state index in [1.54, 1.807) is 6.07 Å². The van der Waals surface area contributed by atoms with Crippen molar-refractivity contribution in [2.24, 2.45) is 0 Å². The minimum Gasteiger partial charge on any atom is -0.618 e. The largest absolute Gasteiger partial charge is 0.618 e. The number of benzene rings is 1. The molecule has 1 aromatic heterocycles. The Labute approximate surface area is 139 Å². The summed E-state index contributed by atoms with van der Waals surface area (Å²) in [5.74, 6) is 0. The predicted octanol–water partition coefficient (Wildman–Crippen LogP) is 3.84. The Morgan fingerprint density at radius 2 is 1.95 bits per heavy atom. The lowest BCUT2D eigenvalue weighted by molar-refractivity contribution is -0.577. The molecule has 3 nitrogen and oxygen atoms in total. The molecule has 0 aliphatic carbocycles. The zero-order valence-corrected chi connectivity index (χ0v) is 14.1. The van der Waals surface area contributed by atoms with Crippen molar-refractivity contribution in [1.29, 1.82) is 0 Å². The molecule has 2 fully saturated rings. The first-order chi connectivity index (χ1) is 10.6. The summed E-state index contributed by atoms with van der Waals surface area (Å²) in [7, 11) is 2.26. The van der Waals surface area contributed by atoms with Crippen molar-refractivity contribution in [2.75, 3.05) is 7.05 Å². The Morgan fingerprint density at radius 3 is 2.68 bits per heavy atom. The highest BCUT2D eigenvalue weighted by molar-refractivity contribution is 8.00. The predicted molar refractivity (Wildman–Crippen MR) is 91.4 cm³/mol. The van der Waals surface area contributed by atoms with E-state index < -0.39 is 0 Å². The van der Waals surface area contributed by atoms with E-state index in [1.165, 1.54) is 31.9 Å². The lowest BCUT2D eigenvalue weighted by atomic mass is 10.0. The van der Waals surface area contributed by atoms with Gasteiger partial charge in [0.1, 0.15) is 0 Å². The fourth-order valence-corrected chi connectivity index (χ4v) is 5.65. The summed E-state index contributed by atoms with van der Waals surface area (Å²) in [6.45, 7) is 0. The van der Waals surface area contributed by atoms with E-state index in [0.29, 0.717) is 10.8 Å². The summed E-state index contributed by atoms with van der Waals surface area (Å²) in [5, 5.41) is 14.0. The Balaban J connectivity index is 1.61. The average Bonchev–Trinajstić information content (AvgIpc) is 2.73. The van der Waals surface area contributed by atoms with Gasteiger partial charge in [-0.1, -0.05) is 11.6 Å². The lowest BCUT2D eigenvalue weighted by Gasteiger charge is -2.36. The van der Waals surface area contributed by atoms with Crippen LogP contribution in [0.5, 0.6) is 0 Å². The second kappa shape index (κ2) is 5.59. The molecule has 0 N–H and O–H groups in total. The van der Waals surface area contributed by atoms with Gasteiger partial charge in [0.15, 0.2) is 6.20 Å². The summed E-state index contributed by atoms with van der Waals surface area (Å²) in [6.07, 6.45) is 6.66. The summed E-state index contributed by atoms with van der Waals surface area (Å²) >= 11 is 8.46. The summed E-state index contributed by atoms with van der Waals surface area (Å²) in [6, 6.07) is 9.04. The maximum atomic E-state index is 11.8. The quantitative estimate of drug-likeness (QED) is 0.617. The van der Waals surface area contributed by atoms with Gasteiger partial charge in [-0.25, -0.2) is 0 Å². The van der Waals surface area contributed by atoms with Crippen LogP contribution in [-0.4, -0.2) is 29.3 Å². The highest BCUT2D eigenvalue weighted by Crippen LogP contribution is 2.43. The smallest absolute Gasteiger partial charge is 0.225 e. The van der Waals surface area contributed by atoms with Crippen LogP contribution in [0.1, 0.15) is 25.7 Å². The van der Waals surface area contributed by atoms with Gasteiger partial charge < -0.3 is 10.1 Å². The summed E-state index contributed by atoms with van der Waals surface area (Å²) < 4.78 is 0.880. The molecule has 1 aromatic carbocycles. The molecule has 3 heterocycles. The Bertz CT molecular complexity index is 709. The third-order valence-corrected chi connectivity index (χ3v) is 7.02. The van der Waals surface area contributed by atoms with Gasteiger partial charge in [0.2, 0.25) is 5.52 Å². The van der Waals surface area contributed by atoms with E-state index in [1.807, 2.05) is 30.0 Å². The van der Waals surface area contributed by atoms with E-state index in [-0.39, 0.29) is 0 Å². The van der Waals surface area contributed by atoms with Crippen LogP contribution in [0.4, 0.5) is 0 Å². The summed E-state index contributed by atoms with van der Waals surface area (Å²) in [5.41, 5.74) is 0.639. The van der Waals surface area contributed by atoms with Gasteiger partial charge in [-0.15, -0.1) is 11.8 Å². The number of halogens is 1. The fraction of sp³-hybridized carbons (Fsp3) is 0.471. The molecule has 0 spiro atoms.